The van der Waals surface area contributed by atoms with E-state index in [2.05, 4.69) is 26.2 Å². The molecule has 0 saturated heterocycles. The number of amides is 1. The Kier molecular flexibility index (Phi) is 4.34. The first-order valence-electron chi connectivity index (χ1n) is 5.20. The molecule has 0 fully saturated rings. The standard InChI is InChI=1S/C12H8BrClN2O2S/c1-6(17)10-5-19-12(15-10)16-11(18)8-3-2-7(14)4-9(8)13/h2-5H,1H3,(H,15,16,18). The van der Waals surface area contributed by atoms with Crippen LogP contribution in [0.4, 0.5) is 5.13 Å². The van der Waals surface area contributed by atoms with Gasteiger partial charge in [-0.2, -0.15) is 0 Å². The molecule has 0 bridgehead atoms. The van der Waals surface area contributed by atoms with E-state index in [0.29, 0.717) is 25.9 Å². The van der Waals surface area contributed by atoms with Crippen molar-refractivity contribution in [3.63, 3.8) is 0 Å². The summed E-state index contributed by atoms with van der Waals surface area (Å²) in [6, 6.07) is 4.88. The lowest BCUT2D eigenvalue weighted by atomic mass is 10.2. The molecular formula is C12H8BrClN2O2S. The second-order valence-corrected chi connectivity index (χ2v) is 5.82. The van der Waals surface area contributed by atoms with Gasteiger partial charge in [0.15, 0.2) is 10.9 Å². The highest BCUT2D eigenvalue weighted by Gasteiger charge is 2.13. The normalized spacial score (nSPS) is 10.3. The molecule has 0 aliphatic rings. The number of halogens is 2. The molecule has 0 aliphatic heterocycles. The van der Waals surface area contributed by atoms with E-state index in [4.69, 9.17) is 11.6 Å². The number of Topliss-reactive ketones (excluding diaryl/α,β-unsaturated/α-hetero) is 1. The van der Waals surface area contributed by atoms with Crippen LogP contribution in [0.2, 0.25) is 5.02 Å². The molecule has 0 saturated carbocycles. The van der Waals surface area contributed by atoms with Crippen molar-refractivity contribution < 1.29 is 9.59 Å². The molecule has 2 aromatic rings. The summed E-state index contributed by atoms with van der Waals surface area (Å²) < 4.78 is 0.598. The molecule has 1 aromatic heterocycles. The smallest absolute Gasteiger partial charge is 0.258 e. The summed E-state index contributed by atoms with van der Waals surface area (Å²) in [5.74, 6) is -0.447. The third kappa shape index (κ3) is 3.40. The number of aromatic nitrogens is 1. The molecule has 0 unspecified atom stereocenters. The number of rotatable bonds is 3. The van der Waals surface area contributed by atoms with Gasteiger partial charge in [-0.1, -0.05) is 11.6 Å². The highest BCUT2D eigenvalue weighted by Crippen LogP contribution is 2.23. The Morgan fingerprint density at radius 3 is 2.74 bits per heavy atom. The molecule has 4 nitrogen and oxygen atoms in total. The fourth-order valence-electron chi connectivity index (χ4n) is 1.33. The Morgan fingerprint density at radius 2 is 2.16 bits per heavy atom. The molecule has 19 heavy (non-hydrogen) atoms. The van der Waals surface area contributed by atoms with Crippen molar-refractivity contribution in [1.82, 2.24) is 4.98 Å². The number of carbonyl (C=O) groups excluding carboxylic acids is 2. The number of benzene rings is 1. The second kappa shape index (κ2) is 5.81. The molecule has 0 atom stereocenters. The van der Waals surface area contributed by atoms with E-state index in [1.165, 1.54) is 18.3 Å². The zero-order chi connectivity index (χ0) is 14.0. The van der Waals surface area contributed by atoms with Gasteiger partial charge in [0, 0.05) is 21.8 Å². The number of carbonyl (C=O) groups is 2. The molecule has 2 rings (SSSR count). The van der Waals surface area contributed by atoms with E-state index >= 15 is 0 Å². The topological polar surface area (TPSA) is 59.1 Å². The fraction of sp³-hybridized carbons (Fsp3) is 0.0833. The molecule has 7 heteroatoms. The van der Waals surface area contributed by atoms with Gasteiger partial charge in [0.05, 0.1) is 5.56 Å². The van der Waals surface area contributed by atoms with Gasteiger partial charge in [0.2, 0.25) is 0 Å². The lowest BCUT2D eigenvalue weighted by molar-refractivity contribution is 0.100. The van der Waals surface area contributed by atoms with Gasteiger partial charge in [-0.05, 0) is 34.1 Å². The van der Waals surface area contributed by atoms with Crippen molar-refractivity contribution in [3.8, 4) is 0 Å². The van der Waals surface area contributed by atoms with Gasteiger partial charge >= 0.3 is 0 Å². The molecule has 1 aromatic carbocycles. The monoisotopic (exact) mass is 358 g/mol. The Hall–Kier alpha value is -1.24. The van der Waals surface area contributed by atoms with Gasteiger partial charge in [0.25, 0.3) is 5.91 Å². The van der Waals surface area contributed by atoms with E-state index in [9.17, 15) is 9.59 Å². The van der Waals surface area contributed by atoms with E-state index in [-0.39, 0.29) is 11.7 Å². The number of anilines is 1. The van der Waals surface area contributed by atoms with Gasteiger partial charge in [-0.25, -0.2) is 4.98 Å². The van der Waals surface area contributed by atoms with Crippen LogP contribution in [-0.4, -0.2) is 16.7 Å². The van der Waals surface area contributed by atoms with Crippen LogP contribution in [0.15, 0.2) is 28.1 Å². The van der Waals surface area contributed by atoms with Crippen LogP contribution in [-0.2, 0) is 0 Å². The van der Waals surface area contributed by atoms with Crippen molar-refractivity contribution in [1.29, 1.82) is 0 Å². The highest BCUT2D eigenvalue weighted by atomic mass is 79.9. The number of nitrogens with zero attached hydrogens (tertiary/aromatic N) is 1. The summed E-state index contributed by atoms with van der Waals surface area (Å²) in [6.45, 7) is 1.43. The van der Waals surface area contributed by atoms with Gasteiger partial charge < -0.3 is 0 Å². The quantitative estimate of drug-likeness (QED) is 0.842. The predicted octanol–water partition coefficient (Wildman–Crippen LogP) is 4.01. The Balaban J connectivity index is 2.18. The summed E-state index contributed by atoms with van der Waals surface area (Å²) in [4.78, 5) is 27.2. The molecular weight excluding hydrogens is 352 g/mol. The third-order valence-corrected chi connectivity index (χ3v) is 3.91. The lowest BCUT2D eigenvalue weighted by Gasteiger charge is -2.04. The Morgan fingerprint density at radius 1 is 1.42 bits per heavy atom. The van der Waals surface area contributed by atoms with Gasteiger partial charge in [0.1, 0.15) is 5.69 Å². The van der Waals surface area contributed by atoms with Crippen LogP contribution in [0.25, 0.3) is 0 Å². The second-order valence-electron chi connectivity index (χ2n) is 3.67. The van der Waals surface area contributed by atoms with E-state index in [0.717, 1.165) is 0 Å². The van der Waals surface area contributed by atoms with E-state index in [1.807, 2.05) is 0 Å². The largest absolute Gasteiger partial charge is 0.298 e. The van der Waals surface area contributed by atoms with Crippen LogP contribution in [0.3, 0.4) is 0 Å². The van der Waals surface area contributed by atoms with Crippen LogP contribution >= 0.6 is 38.9 Å². The number of hydrogen-bond donors (Lipinski definition) is 1. The first-order valence-corrected chi connectivity index (χ1v) is 7.25. The SMILES string of the molecule is CC(=O)c1csc(NC(=O)c2ccc(Cl)cc2Br)n1. The van der Waals surface area contributed by atoms with E-state index in [1.54, 1.807) is 23.6 Å². The Labute approximate surface area is 126 Å². The lowest BCUT2D eigenvalue weighted by Crippen LogP contribution is -2.12. The van der Waals surface area contributed by atoms with Gasteiger partial charge in [-0.3, -0.25) is 14.9 Å². The fourth-order valence-corrected chi connectivity index (χ4v) is 2.94. The summed E-state index contributed by atoms with van der Waals surface area (Å²) >= 11 is 10.3. The maximum Gasteiger partial charge on any atom is 0.258 e. The zero-order valence-electron chi connectivity index (χ0n) is 9.74. The summed E-state index contributed by atoms with van der Waals surface area (Å²) in [6.07, 6.45) is 0. The maximum absolute atomic E-state index is 12.0. The molecule has 0 radical (unpaired) electrons. The molecule has 98 valence electrons. The van der Waals surface area contributed by atoms with Crippen LogP contribution in [0.1, 0.15) is 27.8 Å². The molecule has 1 heterocycles. The minimum Gasteiger partial charge on any atom is -0.298 e. The molecule has 1 N–H and O–H groups in total. The van der Waals surface area contributed by atoms with Crippen LogP contribution in [0.5, 0.6) is 0 Å². The molecule has 0 spiro atoms. The summed E-state index contributed by atoms with van der Waals surface area (Å²) in [7, 11) is 0. The average Bonchev–Trinajstić information content (AvgIpc) is 2.77. The van der Waals surface area contributed by atoms with Crippen molar-refractivity contribution in [2.45, 2.75) is 6.92 Å². The van der Waals surface area contributed by atoms with Crippen molar-refractivity contribution in [2.75, 3.05) is 5.32 Å². The van der Waals surface area contributed by atoms with Crippen molar-refractivity contribution in [3.05, 3.63) is 44.3 Å². The third-order valence-electron chi connectivity index (χ3n) is 2.26. The number of hydrogen-bond acceptors (Lipinski definition) is 4. The minimum atomic E-state index is -0.312. The predicted molar refractivity (Wildman–Crippen MR) is 79.2 cm³/mol. The number of nitrogens with one attached hydrogen (secondary N) is 1. The first-order chi connectivity index (χ1) is 8.97. The molecule has 0 aliphatic carbocycles. The average molecular weight is 360 g/mol. The van der Waals surface area contributed by atoms with Crippen LogP contribution < -0.4 is 5.32 Å². The molecule has 1 amide bonds. The minimum absolute atomic E-state index is 0.135. The van der Waals surface area contributed by atoms with Crippen molar-refractivity contribution in [2.24, 2.45) is 0 Å². The van der Waals surface area contributed by atoms with Crippen LogP contribution in [0, 0.1) is 0 Å². The van der Waals surface area contributed by atoms with Crippen molar-refractivity contribution >= 4 is 55.7 Å². The Bertz CT molecular complexity index is 657. The summed E-state index contributed by atoms with van der Waals surface area (Å²) in [5, 5.41) is 5.17. The number of ketones is 1. The first kappa shape index (κ1) is 14.2. The van der Waals surface area contributed by atoms with E-state index < -0.39 is 0 Å². The van der Waals surface area contributed by atoms with Gasteiger partial charge in [-0.15, -0.1) is 11.3 Å². The summed E-state index contributed by atoms with van der Waals surface area (Å²) in [5.41, 5.74) is 0.791. The zero-order valence-corrected chi connectivity index (χ0v) is 12.9. The highest BCUT2D eigenvalue weighted by molar-refractivity contribution is 9.10. The number of thiazole rings is 1. The maximum atomic E-state index is 12.0.